The number of nitrogens with zero attached hydrogens (tertiary/aromatic N) is 3. The van der Waals surface area contributed by atoms with Gasteiger partial charge in [0.05, 0.1) is 0 Å². The van der Waals surface area contributed by atoms with Gasteiger partial charge in [-0.3, -0.25) is 0 Å². The zero-order valence-corrected chi connectivity index (χ0v) is 13.7. The minimum atomic E-state index is 0.647. The summed E-state index contributed by atoms with van der Waals surface area (Å²) in [4.78, 5) is 10.8. The molecule has 0 amide bonds. The summed E-state index contributed by atoms with van der Waals surface area (Å²) in [7, 11) is 1.95. The van der Waals surface area contributed by atoms with Gasteiger partial charge in [0.2, 0.25) is 5.95 Å². The van der Waals surface area contributed by atoms with Crippen LogP contribution in [0.1, 0.15) is 0 Å². The normalized spacial score (nSPS) is 10.3. The van der Waals surface area contributed by atoms with Gasteiger partial charge in [-0.2, -0.15) is 4.98 Å². The number of para-hydroxylation sites is 1. The smallest absolute Gasteiger partial charge is 0.231 e. The van der Waals surface area contributed by atoms with E-state index in [1.165, 1.54) is 0 Å². The first-order valence-corrected chi connectivity index (χ1v) is 7.66. The number of hydrogen-bond donors (Lipinski definition) is 1. The highest BCUT2D eigenvalue weighted by Crippen LogP contribution is 2.22. The van der Waals surface area contributed by atoms with E-state index in [0.29, 0.717) is 5.95 Å². The zero-order valence-electron chi connectivity index (χ0n) is 12.1. The third kappa shape index (κ3) is 3.43. The van der Waals surface area contributed by atoms with Crippen LogP contribution >= 0.6 is 15.9 Å². The molecule has 4 nitrogen and oxygen atoms in total. The van der Waals surface area contributed by atoms with Gasteiger partial charge in [0.25, 0.3) is 0 Å². The van der Waals surface area contributed by atoms with Crippen molar-refractivity contribution >= 4 is 39.1 Å². The van der Waals surface area contributed by atoms with Crippen molar-refractivity contribution in [2.45, 2.75) is 0 Å². The van der Waals surface area contributed by atoms with Gasteiger partial charge in [-0.05, 0) is 42.5 Å². The standard InChI is InChI=1S/C17H15BrN4/c1-22(15-5-3-2-4-6-15)17-19-12-11-16(21-17)20-14-9-7-13(18)8-10-14/h2-12H,1H3,(H,19,20,21). The van der Waals surface area contributed by atoms with E-state index in [2.05, 4.69) is 31.2 Å². The highest BCUT2D eigenvalue weighted by molar-refractivity contribution is 9.10. The lowest BCUT2D eigenvalue weighted by Gasteiger charge is -2.17. The van der Waals surface area contributed by atoms with Crippen molar-refractivity contribution in [3.05, 3.63) is 71.3 Å². The van der Waals surface area contributed by atoms with E-state index in [0.717, 1.165) is 21.7 Å². The van der Waals surface area contributed by atoms with Crippen molar-refractivity contribution in [2.75, 3.05) is 17.3 Å². The Labute approximate surface area is 138 Å². The molecule has 0 spiro atoms. The first kappa shape index (κ1) is 14.5. The summed E-state index contributed by atoms with van der Waals surface area (Å²) in [6, 6.07) is 19.8. The van der Waals surface area contributed by atoms with Crippen molar-refractivity contribution in [1.29, 1.82) is 0 Å². The quantitative estimate of drug-likeness (QED) is 0.733. The van der Waals surface area contributed by atoms with Gasteiger partial charge in [0.15, 0.2) is 0 Å². The predicted octanol–water partition coefficient (Wildman–Crippen LogP) is 4.75. The molecule has 0 fully saturated rings. The van der Waals surface area contributed by atoms with E-state index >= 15 is 0 Å². The molecule has 0 unspecified atom stereocenters. The van der Waals surface area contributed by atoms with Crippen LogP contribution in [0.5, 0.6) is 0 Å². The zero-order chi connectivity index (χ0) is 15.4. The molecule has 2 aromatic carbocycles. The van der Waals surface area contributed by atoms with Crippen molar-refractivity contribution in [3.8, 4) is 0 Å². The largest absolute Gasteiger partial charge is 0.340 e. The highest BCUT2D eigenvalue weighted by atomic mass is 79.9. The molecule has 1 aromatic heterocycles. The van der Waals surface area contributed by atoms with Crippen molar-refractivity contribution < 1.29 is 0 Å². The Hall–Kier alpha value is -2.40. The SMILES string of the molecule is CN(c1ccccc1)c1nccc(Nc2ccc(Br)cc2)n1. The fourth-order valence-electron chi connectivity index (χ4n) is 2.03. The lowest BCUT2D eigenvalue weighted by atomic mass is 10.3. The summed E-state index contributed by atoms with van der Waals surface area (Å²) < 4.78 is 1.05. The molecule has 1 N–H and O–H groups in total. The second-order valence-electron chi connectivity index (χ2n) is 4.77. The second-order valence-corrected chi connectivity index (χ2v) is 5.68. The van der Waals surface area contributed by atoms with E-state index in [1.807, 2.05) is 72.6 Å². The van der Waals surface area contributed by atoms with Crippen LogP contribution in [0.25, 0.3) is 0 Å². The Bertz CT molecular complexity index is 744. The Balaban J connectivity index is 1.82. The second kappa shape index (κ2) is 6.58. The minimum Gasteiger partial charge on any atom is -0.340 e. The maximum Gasteiger partial charge on any atom is 0.231 e. The van der Waals surface area contributed by atoms with E-state index in [-0.39, 0.29) is 0 Å². The van der Waals surface area contributed by atoms with Crippen molar-refractivity contribution in [3.63, 3.8) is 0 Å². The van der Waals surface area contributed by atoms with Gasteiger partial charge in [-0.15, -0.1) is 0 Å². The molecule has 3 rings (SSSR count). The van der Waals surface area contributed by atoms with Crippen LogP contribution in [0.2, 0.25) is 0 Å². The summed E-state index contributed by atoms with van der Waals surface area (Å²) in [6.07, 6.45) is 1.75. The minimum absolute atomic E-state index is 0.647. The maximum atomic E-state index is 4.56. The predicted molar refractivity (Wildman–Crippen MR) is 94.0 cm³/mol. The van der Waals surface area contributed by atoms with E-state index in [1.54, 1.807) is 6.20 Å². The van der Waals surface area contributed by atoms with Gasteiger partial charge < -0.3 is 10.2 Å². The Kier molecular flexibility index (Phi) is 4.34. The van der Waals surface area contributed by atoms with Gasteiger partial charge >= 0.3 is 0 Å². The molecule has 0 aliphatic rings. The summed E-state index contributed by atoms with van der Waals surface area (Å²) in [5.74, 6) is 1.41. The first-order valence-electron chi connectivity index (χ1n) is 6.87. The van der Waals surface area contributed by atoms with Gasteiger partial charge in [-0.1, -0.05) is 34.1 Å². The van der Waals surface area contributed by atoms with Gasteiger partial charge in [0.1, 0.15) is 5.82 Å². The summed E-state index contributed by atoms with van der Waals surface area (Å²) in [5, 5.41) is 3.28. The third-order valence-electron chi connectivity index (χ3n) is 3.20. The van der Waals surface area contributed by atoms with Crippen LogP contribution in [0.4, 0.5) is 23.1 Å². The summed E-state index contributed by atoms with van der Waals surface area (Å²) >= 11 is 3.43. The van der Waals surface area contributed by atoms with Crippen LogP contribution in [-0.4, -0.2) is 17.0 Å². The Morgan fingerprint density at radius 2 is 1.68 bits per heavy atom. The number of anilines is 4. The van der Waals surface area contributed by atoms with Crippen molar-refractivity contribution in [1.82, 2.24) is 9.97 Å². The molecule has 0 radical (unpaired) electrons. The van der Waals surface area contributed by atoms with Crippen molar-refractivity contribution in [2.24, 2.45) is 0 Å². The molecule has 0 saturated heterocycles. The summed E-state index contributed by atoms with van der Waals surface area (Å²) in [5.41, 5.74) is 2.03. The van der Waals surface area contributed by atoms with Crippen LogP contribution in [0.3, 0.4) is 0 Å². The molecule has 0 atom stereocenters. The molecular formula is C17H15BrN4. The Morgan fingerprint density at radius 1 is 0.955 bits per heavy atom. The lowest BCUT2D eigenvalue weighted by Crippen LogP contribution is -2.13. The number of hydrogen-bond acceptors (Lipinski definition) is 4. The lowest BCUT2D eigenvalue weighted by molar-refractivity contribution is 1.04. The molecule has 0 saturated carbocycles. The Morgan fingerprint density at radius 3 is 2.41 bits per heavy atom. The molecule has 0 aliphatic carbocycles. The number of benzene rings is 2. The fraction of sp³-hybridized carbons (Fsp3) is 0.0588. The fourth-order valence-corrected chi connectivity index (χ4v) is 2.29. The van der Waals surface area contributed by atoms with Gasteiger partial charge in [0, 0.05) is 29.1 Å². The average Bonchev–Trinajstić information content (AvgIpc) is 2.57. The first-order chi connectivity index (χ1) is 10.7. The molecule has 22 heavy (non-hydrogen) atoms. The molecule has 1 heterocycles. The monoisotopic (exact) mass is 354 g/mol. The molecule has 5 heteroatoms. The topological polar surface area (TPSA) is 41.1 Å². The molecule has 3 aromatic rings. The summed E-state index contributed by atoms with van der Waals surface area (Å²) in [6.45, 7) is 0. The average molecular weight is 355 g/mol. The number of nitrogens with one attached hydrogen (secondary N) is 1. The van der Waals surface area contributed by atoms with Crippen LogP contribution in [0, 0.1) is 0 Å². The van der Waals surface area contributed by atoms with Gasteiger partial charge in [-0.25, -0.2) is 4.98 Å². The number of halogens is 1. The molecular weight excluding hydrogens is 340 g/mol. The van der Waals surface area contributed by atoms with Crippen LogP contribution in [-0.2, 0) is 0 Å². The molecule has 110 valence electrons. The highest BCUT2D eigenvalue weighted by Gasteiger charge is 2.07. The molecule has 0 bridgehead atoms. The molecule has 0 aliphatic heterocycles. The van der Waals surface area contributed by atoms with E-state index in [4.69, 9.17) is 0 Å². The van der Waals surface area contributed by atoms with E-state index in [9.17, 15) is 0 Å². The van der Waals surface area contributed by atoms with Crippen LogP contribution < -0.4 is 10.2 Å². The van der Waals surface area contributed by atoms with Crippen LogP contribution in [0.15, 0.2) is 71.3 Å². The third-order valence-corrected chi connectivity index (χ3v) is 3.73. The number of aromatic nitrogens is 2. The maximum absolute atomic E-state index is 4.56. The number of rotatable bonds is 4. The van der Waals surface area contributed by atoms with E-state index < -0.39 is 0 Å².